The predicted molar refractivity (Wildman–Crippen MR) is 95.1 cm³/mol. The number of rotatable bonds is 8. The van der Waals surface area contributed by atoms with E-state index in [1.807, 2.05) is 22.6 Å². The Kier molecular flexibility index (Phi) is 7.08. The van der Waals surface area contributed by atoms with Crippen LogP contribution in [-0.4, -0.2) is 40.9 Å². The van der Waals surface area contributed by atoms with Crippen LogP contribution in [0, 0.1) is 9.39 Å². The van der Waals surface area contributed by atoms with Crippen molar-refractivity contribution in [3.05, 3.63) is 57.4 Å². The van der Waals surface area contributed by atoms with E-state index in [4.69, 9.17) is 0 Å². The largest absolute Gasteiger partial charge is 0.418 e. The van der Waals surface area contributed by atoms with E-state index < -0.39 is 40.6 Å². The van der Waals surface area contributed by atoms with Crippen LogP contribution in [0.4, 0.5) is 22.0 Å². The lowest BCUT2D eigenvalue weighted by Gasteiger charge is -2.26. The third kappa shape index (κ3) is 5.31. The minimum absolute atomic E-state index is 0.139. The van der Waals surface area contributed by atoms with Gasteiger partial charge in [0.25, 0.3) is 10.0 Å². The maximum atomic E-state index is 13.7. The number of nitrogens with zero attached hydrogens (tertiary/aromatic N) is 3. The Morgan fingerprint density at radius 3 is 2.30 bits per heavy atom. The lowest BCUT2D eigenvalue weighted by atomic mass is 10.1. The smallest absolute Gasteiger partial charge is 0.244 e. The summed E-state index contributed by atoms with van der Waals surface area (Å²) in [6, 6.07) is 3.87. The molecule has 27 heavy (non-hydrogen) atoms. The molecule has 148 valence electrons. The van der Waals surface area contributed by atoms with Crippen LogP contribution >= 0.6 is 22.6 Å². The summed E-state index contributed by atoms with van der Waals surface area (Å²) in [4.78, 5) is 7.28. The summed E-state index contributed by atoms with van der Waals surface area (Å²) in [7, 11) is -5.69. The summed E-state index contributed by atoms with van der Waals surface area (Å²) in [5.41, 5.74) is 0.476. The Labute approximate surface area is 165 Å². The van der Waals surface area contributed by atoms with Crippen LogP contribution in [-0.2, 0) is 23.0 Å². The summed E-state index contributed by atoms with van der Waals surface area (Å²) < 4.78 is 91.1. The molecule has 0 bridgehead atoms. The number of halogens is 6. The van der Waals surface area contributed by atoms with E-state index in [-0.39, 0.29) is 16.3 Å². The van der Waals surface area contributed by atoms with Crippen molar-refractivity contribution in [2.24, 2.45) is 0 Å². The molecule has 1 aromatic heterocycles. The van der Waals surface area contributed by atoms with Crippen molar-refractivity contribution in [2.45, 2.75) is 24.6 Å². The van der Waals surface area contributed by atoms with Crippen LogP contribution in [0.5, 0.6) is 0 Å². The van der Waals surface area contributed by atoms with E-state index >= 15 is 0 Å². The van der Waals surface area contributed by atoms with Crippen LogP contribution in [0.2, 0.25) is 0 Å². The lowest BCUT2D eigenvalue weighted by Crippen LogP contribution is -2.47. The van der Waals surface area contributed by atoms with Gasteiger partial charge in [-0.3, -0.25) is 0 Å². The van der Waals surface area contributed by atoms with Gasteiger partial charge in [-0.05, 0) is 52.8 Å². The zero-order chi connectivity index (χ0) is 20.2. The molecule has 0 N–H and O–H groups in total. The highest BCUT2D eigenvalue weighted by molar-refractivity contribution is 14.1. The molecule has 0 aliphatic rings. The Hall–Kier alpha value is -1.41. The number of alkyl halides is 4. The second-order valence-corrected chi connectivity index (χ2v) is 8.73. The topological polar surface area (TPSA) is 63.2 Å². The average Bonchev–Trinajstić information content (AvgIpc) is 2.58. The molecule has 1 heterocycles. The molecule has 0 fully saturated rings. The van der Waals surface area contributed by atoms with E-state index in [0.29, 0.717) is 9.13 Å². The first-order valence-electron chi connectivity index (χ1n) is 7.38. The second kappa shape index (κ2) is 8.73. The molecule has 5 nitrogen and oxygen atoms in total. The lowest BCUT2D eigenvalue weighted by molar-refractivity contribution is -0.0674. The molecule has 0 spiro atoms. The molecule has 12 heteroatoms. The van der Waals surface area contributed by atoms with E-state index in [2.05, 4.69) is 9.97 Å². The normalized spacial score (nSPS) is 12.7. The van der Waals surface area contributed by atoms with E-state index in [1.54, 1.807) is 0 Å². The Morgan fingerprint density at radius 2 is 1.74 bits per heavy atom. The molecule has 0 saturated heterocycles. The van der Waals surface area contributed by atoms with Crippen molar-refractivity contribution in [1.29, 1.82) is 0 Å². The molecule has 1 aromatic carbocycles. The van der Waals surface area contributed by atoms with Gasteiger partial charge >= 0.3 is 11.7 Å². The highest BCUT2D eigenvalue weighted by Crippen LogP contribution is 2.33. The van der Waals surface area contributed by atoms with Crippen molar-refractivity contribution >= 4 is 32.6 Å². The van der Waals surface area contributed by atoms with E-state index in [1.165, 1.54) is 24.5 Å². The Balaban J connectivity index is 2.32. The molecule has 0 unspecified atom stereocenters. The van der Waals surface area contributed by atoms with Crippen molar-refractivity contribution in [3.8, 4) is 0 Å². The van der Waals surface area contributed by atoms with Crippen molar-refractivity contribution in [3.63, 3.8) is 0 Å². The van der Waals surface area contributed by atoms with Gasteiger partial charge in [0.05, 0.1) is 0 Å². The molecule has 2 aromatic rings. The van der Waals surface area contributed by atoms with Crippen LogP contribution in [0.15, 0.2) is 36.9 Å². The van der Waals surface area contributed by atoms with Gasteiger partial charge in [-0.2, -0.15) is 13.1 Å². The van der Waals surface area contributed by atoms with Crippen LogP contribution in [0.3, 0.4) is 0 Å². The SMILES string of the molecule is O=S(=O)(N(CCc1cc(F)cc(I)c1)Cc1cncnc1)C(F)(F)C(F)F. The molecule has 2 rings (SSSR count). The quantitative estimate of drug-likeness (QED) is 0.395. The average molecular weight is 521 g/mol. The van der Waals surface area contributed by atoms with Gasteiger partial charge in [0.15, 0.2) is 0 Å². The number of hydrogen-bond acceptors (Lipinski definition) is 4. The molecule has 0 atom stereocenters. The van der Waals surface area contributed by atoms with E-state index in [0.717, 1.165) is 12.4 Å². The maximum absolute atomic E-state index is 13.7. The number of aromatic nitrogens is 2. The molecule has 0 amide bonds. The monoisotopic (exact) mass is 521 g/mol. The van der Waals surface area contributed by atoms with Gasteiger partial charge in [-0.25, -0.2) is 31.6 Å². The summed E-state index contributed by atoms with van der Waals surface area (Å²) in [5.74, 6) is -0.583. The fourth-order valence-electron chi connectivity index (χ4n) is 2.19. The molecule has 0 saturated carbocycles. The van der Waals surface area contributed by atoms with Gasteiger partial charge in [-0.1, -0.05) is 0 Å². The highest BCUT2D eigenvalue weighted by Gasteiger charge is 2.56. The fourth-order valence-corrected chi connectivity index (χ4v) is 4.11. The van der Waals surface area contributed by atoms with Gasteiger partial charge in [-0.15, -0.1) is 0 Å². The number of hydrogen-bond donors (Lipinski definition) is 0. The molecule has 0 aliphatic heterocycles. The standard InChI is InChI=1S/C15H13F5IN3O2S/c16-12-3-10(4-13(21)5-12)1-2-24(8-11-6-22-9-23-7-11)27(25,26)15(19,20)14(17)18/h3-7,9,14H,1-2,8H2. The van der Waals surface area contributed by atoms with Gasteiger partial charge in [0.1, 0.15) is 12.1 Å². The summed E-state index contributed by atoms with van der Waals surface area (Å²) in [5, 5.41) is -5.26. The van der Waals surface area contributed by atoms with Crippen LogP contribution in [0.1, 0.15) is 11.1 Å². The Bertz CT molecular complexity index is 864. The Morgan fingerprint density at radius 1 is 1.11 bits per heavy atom. The zero-order valence-corrected chi connectivity index (χ0v) is 16.5. The minimum Gasteiger partial charge on any atom is -0.244 e. The first-order valence-corrected chi connectivity index (χ1v) is 9.90. The molecular formula is C15H13F5IN3O2S. The number of benzene rings is 1. The third-order valence-corrected chi connectivity index (χ3v) is 5.96. The van der Waals surface area contributed by atoms with Gasteiger partial charge in [0, 0.05) is 34.6 Å². The summed E-state index contributed by atoms with van der Waals surface area (Å²) in [6.07, 6.45) is -1.04. The third-order valence-electron chi connectivity index (χ3n) is 3.48. The first kappa shape index (κ1) is 21.9. The van der Waals surface area contributed by atoms with Crippen molar-refractivity contribution in [2.75, 3.05) is 6.54 Å². The summed E-state index contributed by atoms with van der Waals surface area (Å²) >= 11 is 1.84. The predicted octanol–water partition coefficient (Wildman–Crippen LogP) is 3.45. The number of sulfonamides is 1. The van der Waals surface area contributed by atoms with Gasteiger partial charge < -0.3 is 0 Å². The molecule has 0 aliphatic carbocycles. The second-order valence-electron chi connectivity index (χ2n) is 5.48. The van der Waals surface area contributed by atoms with Gasteiger partial charge in [0.2, 0.25) is 0 Å². The molecular weight excluding hydrogens is 508 g/mol. The first-order chi connectivity index (χ1) is 12.5. The van der Waals surface area contributed by atoms with E-state index in [9.17, 15) is 30.4 Å². The van der Waals surface area contributed by atoms with Crippen LogP contribution in [0.25, 0.3) is 0 Å². The summed E-state index contributed by atoms with van der Waals surface area (Å²) in [6.45, 7) is -1.18. The fraction of sp³-hybridized carbons (Fsp3) is 0.333. The minimum atomic E-state index is -5.69. The highest BCUT2D eigenvalue weighted by atomic mass is 127. The molecule has 0 radical (unpaired) electrons. The van der Waals surface area contributed by atoms with Crippen molar-refractivity contribution < 1.29 is 30.4 Å². The van der Waals surface area contributed by atoms with Crippen molar-refractivity contribution in [1.82, 2.24) is 14.3 Å². The maximum Gasteiger partial charge on any atom is 0.418 e. The zero-order valence-electron chi connectivity index (χ0n) is 13.5. The van der Waals surface area contributed by atoms with Crippen LogP contribution < -0.4 is 0 Å².